The number of urea groups is 1. The lowest BCUT2D eigenvalue weighted by molar-refractivity contribution is 0.159. The molecule has 3 heterocycles. The van der Waals surface area contributed by atoms with Crippen LogP contribution in [0.5, 0.6) is 0 Å². The van der Waals surface area contributed by atoms with Gasteiger partial charge in [0.05, 0.1) is 24.5 Å². The van der Waals surface area contributed by atoms with Gasteiger partial charge >= 0.3 is 6.03 Å². The fraction of sp³-hybridized carbons (Fsp3) is 0.367. The van der Waals surface area contributed by atoms with E-state index in [1.807, 2.05) is 43.6 Å². The van der Waals surface area contributed by atoms with Crippen molar-refractivity contribution in [2.45, 2.75) is 30.7 Å². The fourth-order valence-corrected chi connectivity index (χ4v) is 5.65. The normalized spacial score (nSPS) is 19.0. The molecule has 2 unspecified atom stereocenters. The number of rotatable bonds is 9. The Morgan fingerprint density at radius 3 is 2.59 bits per heavy atom. The average Bonchev–Trinajstić information content (AvgIpc) is 3.41. The summed E-state index contributed by atoms with van der Waals surface area (Å²) >= 11 is 0. The molecule has 6 rings (SSSR count). The van der Waals surface area contributed by atoms with E-state index in [1.54, 1.807) is 28.7 Å². The van der Waals surface area contributed by atoms with Crippen molar-refractivity contribution < 1.29 is 18.3 Å². The van der Waals surface area contributed by atoms with Crippen molar-refractivity contribution in [1.29, 1.82) is 0 Å². The molecule has 2 amide bonds. The zero-order chi connectivity index (χ0) is 28.5. The Hall–Kier alpha value is -4.09. The number of carbonyl (C=O) groups excluding carboxylic acids is 1. The first-order valence-electron chi connectivity index (χ1n) is 13.8. The Morgan fingerprint density at radius 1 is 1.10 bits per heavy atom. The van der Waals surface area contributed by atoms with Crippen LogP contribution in [0.25, 0.3) is 16.9 Å². The molecule has 214 valence electrons. The van der Waals surface area contributed by atoms with E-state index in [-0.39, 0.29) is 23.9 Å². The third-order valence-corrected chi connectivity index (χ3v) is 7.81. The van der Waals surface area contributed by atoms with Gasteiger partial charge in [-0.15, -0.1) is 0 Å². The molecule has 9 nitrogen and oxygen atoms in total. The zero-order valence-electron chi connectivity index (χ0n) is 23.1. The summed E-state index contributed by atoms with van der Waals surface area (Å²) in [4.78, 5) is 15.8. The summed E-state index contributed by atoms with van der Waals surface area (Å²) in [5.74, 6) is -1.11. The molecule has 2 atom stereocenters. The molecule has 2 aliphatic rings. The van der Waals surface area contributed by atoms with Crippen LogP contribution in [0, 0.1) is 11.6 Å². The molecule has 1 saturated heterocycles. The second-order valence-electron chi connectivity index (χ2n) is 10.8. The highest BCUT2D eigenvalue weighted by molar-refractivity contribution is 5.91. The van der Waals surface area contributed by atoms with E-state index in [0.29, 0.717) is 37.6 Å². The van der Waals surface area contributed by atoms with Crippen LogP contribution in [0.3, 0.4) is 0 Å². The Kier molecular flexibility index (Phi) is 7.55. The largest absolute Gasteiger partial charge is 0.383 e. The van der Waals surface area contributed by atoms with Crippen LogP contribution in [-0.4, -0.2) is 69.9 Å². The number of para-hydroxylation sites is 1. The molecule has 1 saturated carbocycles. The van der Waals surface area contributed by atoms with E-state index in [1.165, 1.54) is 6.07 Å². The van der Waals surface area contributed by atoms with Crippen molar-refractivity contribution >= 4 is 11.8 Å². The Labute approximate surface area is 237 Å². The maximum Gasteiger partial charge on any atom is 0.320 e. The van der Waals surface area contributed by atoms with E-state index in [4.69, 9.17) is 9.84 Å². The van der Waals surface area contributed by atoms with Gasteiger partial charge < -0.3 is 10.1 Å². The van der Waals surface area contributed by atoms with Crippen molar-refractivity contribution in [3.05, 3.63) is 83.7 Å². The van der Waals surface area contributed by atoms with Crippen LogP contribution in [-0.2, 0) is 11.8 Å². The average molecular weight is 562 g/mol. The molecule has 0 radical (unpaired) electrons. The van der Waals surface area contributed by atoms with Crippen molar-refractivity contribution in [2.75, 3.05) is 38.7 Å². The maximum atomic E-state index is 14.2. The molecule has 2 fully saturated rings. The lowest BCUT2D eigenvalue weighted by atomic mass is 9.94. The summed E-state index contributed by atoms with van der Waals surface area (Å²) in [5.41, 5.74) is 4.14. The number of amides is 2. The molecule has 1 aliphatic heterocycles. The minimum Gasteiger partial charge on any atom is -0.383 e. The van der Waals surface area contributed by atoms with Crippen molar-refractivity contribution in [3.63, 3.8) is 0 Å². The number of carbonyl (C=O) groups is 1. The Bertz CT molecular complexity index is 1530. The van der Waals surface area contributed by atoms with Gasteiger partial charge in [-0.1, -0.05) is 24.3 Å². The number of likely N-dealkylation sites (tertiary alicyclic amines) is 1. The standard InChI is InChI=1S/C30H33F2N7O2/c1-37-16-21(15-33-37)28-27(19-8-9-19)29(39(36-28)22-6-4-3-5-7-22)35-30(40)34-26-18-38(12-13-41-2)17-23(26)20-10-11-24(31)25(32)14-20/h3-7,10-11,14-16,19,23,26H,8-9,12-13,17-18H2,1-2H3,(H2,34,35,40). The van der Waals surface area contributed by atoms with E-state index < -0.39 is 11.6 Å². The molecule has 0 bridgehead atoms. The number of ether oxygens (including phenoxy) is 1. The van der Waals surface area contributed by atoms with Crippen LogP contribution >= 0.6 is 0 Å². The lowest BCUT2D eigenvalue weighted by Gasteiger charge is -2.21. The third kappa shape index (κ3) is 5.73. The fourth-order valence-electron chi connectivity index (χ4n) is 5.65. The van der Waals surface area contributed by atoms with Gasteiger partial charge in [0.15, 0.2) is 11.6 Å². The van der Waals surface area contributed by atoms with Crippen LogP contribution in [0.1, 0.15) is 35.8 Å². The number of nitrogens with zero attached hydrogens (tertiary/aromatic N) is 5. The number of hydrogen-bond acceptors (Lipinski definition) is 5. The highest BCUT2D eigenvalue weighted by Crippen LogP contribution is 2.48. The smallest absolute Gasteiger partial charge is 0.320 e. The topological polar surface area (TPSA) is 89.2 Å². The van der Waals surface area contributed by atoms with Gasteiger partial charge in [-0.25, -0.2) is 18.3 Å². The number of nitrogens with one attached hydrogen (secondary N) is 2. The highest BCUT2D eigenvalue weighted by atomic mass is 19.2. The second kappa shape index (κ2) is 11.4. The summed E-state index contributed by atoms with van der Waals surface area (Å²) in [7, 11) is 3.50. The van der Waals surface area contributed by atoms with E-state index >= 15 is 0 Å². The summed E-state index contributed by atoms with van der Waals surface area (Å²) in [5, 5.41) is 15.5. The Balaban J connectivity index is 1.31. The number of halogens is 2. The first kappa shape index (κ1) is 27.1. The minimum absolute atomic E-state index is 0.222. The van der Waals surface area contributed by atoms with Crippen LogP contribution in [0.15, 0.2) is 60.9 Å². The number of aryl methyl sites for hydroxylation is 1. The first-order chi connectivity index (χ1) is 19.9. The number of methoxy groups -OCH3 is 1. The summed E-state index contributed by atoms with van der Waals surface area (Å²) in [6.07, 6.45) is 5.73. The summed E-state index contributed by atoms with van der Waals surface area (Å²) in [6.45, 7) is 2.33. The minimum atomic E-state index is -0.898. The van der Waals surface area contributed by atoms with Crippen molar-refractivity contribution in [1.82, 2.24) is 29.8 Å². The highest BCUT2D eigenvalue weighted by Gasteiger charge is 2.37. The van der Waals surface area contributed by atoms with Gasteiger partial charge in [-0.3, -0.25) is 14.9 Å². The van der Waals surface area contributed by atoms with E-state index in [2.05, 4.69) is 20.6 Å². The van der Waals surface area contributed by atoms with Gasteiger partial charge in [0.25, 0.3) is 0 Å². The number of anilines is 1. The molecular weight excluding hydrogens is 528 g/mol. The first-order valence-corrected chi connectivity index (χ1v) is 13.8. The SMILES string of the molecule is COCCN1CC(NC(=O)Nc2c(C3CC3)c(-c3cnn(C)c3)nn2-c2ccccc2)C(c2ccc(F)c(F)c2)C1. The summed E-state index contributed by atoms with van der Waals surface area (Å²) in [6, 6.07) is 12.9. The van der Waals surface area contributed by atoms with Crippen LogP contribution in [0.4, 0.5) is 19.4 Å². The predicted octanol–water partition coefficient (Wildman–Crippen LogP) is 4.66. The summed E-state index contributed by atoms with van der Waals surface area (Å²) < 4.78 is 36.6. The number of hydrogen-bond donors (Lipinski definition) is 2. The van der Waals surface area contributed by atoms with Gasteiger partial charge in [0, 0.05) is 57.0 Å². The van der Waals surface area contributed by atoms with Gasteiger partial charge in [0.1, 0.15) is 11.5 Å². The number of aromatic nitrogens is 4. The predicted molar refractivity (Wildman–Crippen MR) is 151 cm³/mol. The van der Waals surface area contributed by atoms with Crippen molar-refractivity contribution in [2.24, 2.45) is 7.05 Å². The maximum absolute atomic E-state index is 14.2. The molecule has 2 N–H and O–H groups in total. The van der Waals surface area contributed by atoms with Crippen LogP contribution < -0.4 is 10.6 Å². The molecular formula is C30H33F2N7O2. The zero-order valence-corrected chi connectivity index (χ0v) is 23.1. The van der Waals surface area contributed by atoms with Gasteiger partial charge in [0.2, 0.25) is 0 Å². The van der Waals surface area contributed by atoms with Crippen molar-refractivity contribution in [3.8, 4) is 16.9 Å². The molecule has 2 aromatic carbocycles. The molecule has 4 aromatic rings. The van der Waals surface area contributed by atoms with Crippen LogP contribution in [0.2, 0.25) is 0 Å². The molecule has 2 aromatic heterocycles. The third-order valence-electron chi connectivity index (χ3n) is 7.81. The molecule has 0 spiro atoms. The van der Waals surface area contributed by atoms with E-state index in [0.717, 1.165) is 41.4 Å². The molecule has 41 heavy (non-hydrogen) atoms. The molecule has 1 aliphatic carbocycles. The van der Waals surface area contributed by atoms with Gasteiger partial charge in [-0.2, -0.15) is 10.2 Å². The number of benzene rings is 2. The molecule has 11 heteroatoms. The monoisotopic (exact) mass is 561 g/mol. The Morgan fingerprint density at radius 2 is 1.90 bits per heavy atom. The quantitative estimate of drug-likeness (QED) is 0.310. The lowest BCUT2D eigenvalue weighted by Crippen LogP contribution is -2.42. The van der Waals surface area contributed by atoms with E-state index in [9.17, 15) is 13.6 Å². The van der Waals surface area contributed by atoms with Gasteiger partial charge in [-0.05, 0) is 48.6 Å². The second-order valence-corrected chi connectivity index (χ2v) is 10.8.